The Hall–Kier alpha value is -1.77. The number of aliphatic carboxylic acids is 1. The average Bonchev–Trinajstić information content (AvgIpc) is 2.68. The largest absolute Gasteiger partial charge is 0.481 e. The molecular formula is C20H34N6O2. The van der Waals surface area contributed by atoms with Crippen LogP contribution in [0.2, 0.25) is 0 Å². The monoisotopic (exact) mass is 390 g/mol. The van der Waals surface area contributed by atoms with Crippen molar-refractivity contribution in [2.75, 3.05) is 65.3 Å². The van der Waals surface area contributed by atoms with Gasteiger partial charge in [-0.2, -0.15) is 0 Å². The maximum atomic E-state index is 11.2. The van der Waals surface area contributed by atoms with Crippen LogP contribution in [0.4, 0.5) is 5.95 Å². The zero-order valence-corrected chi connectivity index (χ0v) is 17.4. The molecule has 1 aromatic rings. The summed E-state index contributed by atoms with van der Waals surface area (Å²) in [5.41, 5.74) is 1.11. The second-order valence-corrected chi connectivity index (χ2v) is 8.41. The number of piperidine rings is 1. The molecule has 2 aliphatic heterocycles. The molecule has 2 fully saturated rings. The number of aromatic nitrogens is 2. The zero-order valence-electron chi connectivity index (χ0n) is 17.4. The van der Waals surface area contributed by atoms with Crippen LogP contribution >= 0.6 is 0 Å². The van der Waals surface area contributed by atoms with Gasteiger partial charge >= 0.3 is 5.97 Å². The Balaban J connectivity index is 1.61. The highest BCUT2D eigenvalue weighted by Gasteiger charge is 2.34. The van der Waals surface area contributed by atoms with Crippen molar-refractivity contribution in [1.29, 1.82) is 0 Å². The van der Waals surface area contributed by atoms with E-state index >= 15 is 0 Å². The molecule has 8 heteroatoms. The first kappa shape index (κ1) is 21.0. The van der Waals surface area contributed by atoms with Crippen molar-refractivity contribution >= 4 is 11.9 Å². The molecule has 0 unspecified atom stereocenters. The van der Waals surface area contributed by atoms with Crippen LogP contribution in [0.1, 0.15) is 24.8 Å². The first-order valence-corrected chi connectivity index (χ1v) is 10.3. The Labute approximate surface area is 168 Å². The van der Waals surface area contributed by atoms with Gasteiger partial charge in [-0.1, -0.05) is 0 Å². The molecule has 28 heavy (non-hydrogen) atoms. The second kappa shape index (κ2) is 9.62. The number of likely N-dealkylation sites (N-methyl/N-ethyl adjacent to an activating group) is 1. The predicted octanol–water partition coefficient (Wildman–Crippen LogP) is 0.845. The van der Waals surface area contributed by atoms with E-state index in [0.29, 0.717) is 12.0 Å². The lowest BCUT2D eigenvalue weighted by atomic mass is 9.86. The predicted molar refractivity (Wildman–Crippen MR) is 109 cm³/mol. The van der Waals surface area contributed by atoms with E-state index < -0.39 is 5.97 Å². The summed E-state index contributed by atoms with van der Waals surface area (Å²) in [6.45, 7) is 7.18. The van der Waals surface area contributed by atoms with Crippen LogP contribution in [0.15, 0.2) is 12.4 Å². The van der Waals surface area contributed by atoms with Crippen LogP contribution < -0.4 is 4.90 Å². The van der Waals surface area contributed by atoms with Crippen LogP contribution in [0, 0.1) is 5.92 Å². The van der Waals surface area contributed by atoms with Gasteiger partial charge in [-0.3, -0.25) is 14.6 Å². The Morgan fingerprint density at radius 1 is 1.18 bits per heavy atom. The number of piperazine rings is 1. The van der Waals surface area contributed by atoms with E-state index in [-0.39, 0.29) is 6.42 Å². The highest BCUT2D eigenvalue weighted by Crippen LogP contribution is 2.28. The summed E-state index contributed by atoms with van der Waals surface area (Å²) in [5.74, 6) is 0.425. The molecular weight excluding hydrogens is 356 g/mol. The van der Waals surface area contributed by atoms with Crippen molar-refractivity contribution < 1.29 is 9.90 Å². The van der Waals surface area contributed by atoms with Crippen molar-refractivity contribution in [3.63, 3.8) is 0 Å². The van der Waals surface area contributed by atoms with E-state index in [1.54, 1.807) is 0 Å². The van der Waals surface area contributed by atoms with Gasteiger partial charge in [-0.05, 0) is 32.4 Å². The Morgan fingerprint density at radius 2 is 1.86 bits per heavy atom. The molecule has 0 aliphatic carbocycles. The zero-order chi connectivity index (χ0) is 20.1. The van der Waals surface area contributed by atoms with Crippen LogP contribution in [0.25, 0.3) is 0 Å². The SMILES string of the molecule is CN1CCN([C@H]2CCN(Cc3cnc(N(C)C)nc3)C[C@H]2CCC(=O)O)CC1. The number of rotatable bonds is 7. The van der Waals surface area contributed by atoms with Gasteiger partial charge in [0.25, 0.3) is 0 Å². The molecule has 0 saturated carbocycles. The molecule has 0 amide bonds. The van der Waals surface area contributed by atoms with Crippen molar-refractivity contribution in [3.05, 3.63) is 18.0 Å². The number of carboxylic acids is 1. The lowest BCUT2D eigenvalue weighted by molar-refractivity contribution is -0.137. The maximum absolute atomic E-state index is 11.2. The van der Waals surface area contributed by atoms with Gasteiger partial charge in [0.2, 0.25) is 5.95 Å². The minimum atomic E-state index is -0.693. The number of anilines is 1. The van der Waals surface area contributed by atoms with Gasteiger partial charge < -0.3 is 14.9 Å². The fourth-order valence-corrected chi connectivity index (χ4v) is 4.38. The van der Waals surface area contributed by atoms with Crippen LogP contribution in [-0.2, 0) is 11.3 Å². The van der Waals surface area contributed by atoms with Gasteiger partial charge in [-0.25, -0.2) is 9.97 Å². The topological polar surface area (TPSA) is 76.0 Å². The summed E-state index contributed by atoms with van der Waals surface area (Å²) in [6, 6.07) is 0.497. The Kier molecular flexibility index (Phi) is 7.20. The molecule has 3 rings (SSSR count). The number of hydrogen-bond donors (Lipinski definition) is 1. The molecule has 2 aliphatic rings. The third-order valence-electron chi connectivity index (χ3n) is 6.01. The summed E-state index contributed by atoms with van der Waals surface area (Å²) in [7, 11) is 6.04. The van der Waals surface area contributed by atoms with Gasteiger partial charge in [-0.15, -0.1) is 0 Å². The van der Waals surface area contributed by atoms with Crippen LogP contribution in [0.5, 0.6) is 0 Å². The summed E-state index contributed by atoms with van der Waals surface area (Å²) < 4.78 is 0. The summed E-state index contributed by atoms with van der Waals surface area (Å²) in [4.78, 5) is 29.3. The molecule has 2 saturated heterocycles. The number of likely N-dealkylation sites (tertiary alicyclic amines) is 1. The fraction of sp³-hybridized carbons (Fsp3) is 0.750. The van der Waals surface area contributed by atoms with E-state index in [1.807, 2.05) is 31.4 Å². The molecule has 156 valence electrons. The number of nitrogens with zero attached hydrogens (tertiary/aromatic N) is 6. The number of carbonyl (C=O) groups is 1. The molecule has 0 radical (unpaired) electrons. The third kappa shape index (κ3) is 5.62. The fourth-order valence-electron chi connectivity index (χ4n) is 4.38. The molecule has 0 aromatic carbocycles. The summed E-state index contributed by atoms with van der Waals surface area (Å²) >= 11 is 0. The van der Waals surface area contributed by atoms with Crippen LogP contribution in [-0.4, -0.2) is 102 Å². The minimum absolute atomic E-state index is 0.253. The van der Waals surface area contributed by atoms with E-state index in [2.05, 4.69) is 31.7 Å². The minimum Gasteiger partial charge on any atom is -0.481 e. The molecule has 1 aromatic heterocycles. The third-order valence-corrected chi connectivity index (χ3v) is 6.01. The molecule has 2 atom stereocenters. The lowest BCUT2D eigenvalue weighted by Gasteiger charge is -2.46. The summed E-state index contributed by atoms with van der Waals surface area (Å²) in [6.07, 6.45) is 5.91. The van der Waals surface area contributed by atoms with E-state index in [4.69, 9.17) is 0 Å². The average molecular weight is 391 g/mol. The molecule has 3 heterocycles. The second-order valence-electron chi connectivity index (χ2n) is 8.41. The smallest absolute Gasteiger partial charge is 0.303 e. The Morgan fingerprint density at radius 3 is 2.46 bits per heavy atom. The van der Waals surface area contributed by atoms with Crippen molar-refractivity contribution in [1.82, 2.24) is 24.7 Å². The standard InChI is InChI=1S/C20H34N6O2/c1-23(2)20-21-12-16(13-22-20)14-25-7-6-18(17(15-25)4-5-19(27)28)26-10-8-24(3)9-11-26/h12-13,17-18H,4-11,14-15H2,1-3H3,(H,27,28)/t17-,18+/m1/s1. The van der Waals surface area contributed by atoms with Gasteiger partial charge in [0, 0.05) is 83.8 Å². The molecule has 8 nitrogen and oxygen atoms in total. The molecule has 0 bridgehead atoms. The van der Waals surface area contributed by atoms with Gasteiger partial charge in [0.15, 0.2) is 0 Å². The first-order valence-electron chi connectivity index (χ1n) is 10.3. The lowest BCUT2D eigenvalue weighted by Crippen LogP contribution is -2.56. The van der Waals surface area contributed by atoms with Crippen molar-refractivity contribution in [2.24, 2.45) is 5.92 Å². The highest BCUT2D eigenvalue weighted by molar-refractivity contribution is 5.66. The summed E-state index contributed by atoms with van der Waals surface area (Å²) in [5, 5.41) is 9.19. The molecule has 1 N–H and O–H groups in total. The van der Waals surface area contributed by atoms with Crippen molar-refractivity contribution in [2.45, 2.75) is 31.8 Å². The van der Waals surface area contributed by atoms with Gasteiger partial charge in [0.05, 0.1) is 0 Å². The number of carboxylic acid groups (broad SMARTS) is 1. The van der Waals surface area contributed by atoms with E-state index in [0.717, 1.165) is 70.2 Å². The van der Waals surface area contributed by atoms with E-state index in [9.17, 15) is 9.90 Å². The molecule has 0 spiro atoms. The highest BCUT2D eigenvalue weighted by atomic mass is 16.4. The first-order chi connectivity index (χ1) is 13.4. The Bertz CT molecular complexity index is 630. The number of hydrogen-bond acceptors (Lipinski definition) is 7. The quantitative estimate of drug-likeness (QED) is 0.734. The van der Waals surface area contributed by atoms with Crippen molar-refractivity contribution in [3.8, 4) is 0 Å². The van der Waals surface area contributed by atoms with Crippen LogP contribution in [0.3, 0.4) is 0 Å². The van der Waals surface area contributed by atoms with E-state index in [1.165, 1.54) is 0 Å². The van der Waals surface area contributed by atoms with Gasteiger partial charge in [0.1, 0.15) is 0 Å². The maximum Gasteiger partial charge on any atom is 0.303 e. The normalized spacial score (nSPS) is 25.0.